The zero-order valence-electron chi connectivity index (χ0n) is 15.1. The maximum absolute atomic E-state index is 5.22. The number of hydrogen-bond acceptors (Lipinski definition) is 4. The van der Waals surface area contributed by atoms with Crippen molar-refractivity contribution >= 4 is 23.6 Å². The molecular weight excluding hydrogens is 324 g/mol. The second-order valence-electron chi connectivity index (χ2n) is 6.74. The number of hydrogen-bond donors (Lipinski definition) is 1. The van der Waals surface area contributed by atoms with Gasteiger partial charge in [0.25, 0.3) is 0 Å². The lowest BCUT2D eigenvalue weighted by molar-refractivity contribution is 0.415. The van der Waals surface area contributed by atoms with Crippen molar-refractivity contribution in [1.82, 2.24) is 14.4 Å². The van der Waals surface area contributed by atoms with E-state index in [4.69, 9.17) is 9.72 Å². The van der Waals surface area contributed by atoms with Crippen LogP contribution in [-0.2, 0) is 0 Å². The molecule has 0 spiro atoms. The van der Waals surface area contributed by atoms with E-state index in [1.54, 1.807) is 19.5 Å². The average molecular weight is 348 g/mol. The highest BCUT2D eigenvalue weighted by molar-refractivity contribution is 5.76. The molecule has 5 heteroatoms. The molecule has 1 saturated carbocycles. The molecule has 0 bridgehead atoms. The first-order valence-electron chi connectivity index (χ1n) is 9.24. The predicted octanol–water partition coefficient (Wildman–Crippen LogP) is 4.65. The lowest BCUT2D eigenvalue weighted by Crippen LogP contribution is -2.23. The number of aromatic nitrogens is 3. The summed E-state index contributed by atoms with van der Waals surface area (Å²) in [6, 6.07) is 8.54. The van der Waals surface area contributed by atoms with Crippen molar-refractivity contribution in [3.05, 3.63) is 54.1 Å². The van der Waals surface area contributed by atoms with Gasteiger partial charge in [0.2, 0.25) is 0 Å². The highest BCUT2D eigenvalue weighted by atomic mass is 16.5. The first kappa shape index (κ1) is 16.6. The first-order valence-corrected chi connectivity index (χ1v) is 9.24. The van der Waals surface area contributed by atoms with Crippen LogP contribution in [0.15, 0.2) is 42.9 Å². The van der Waals surface area contributed by atoms with Crippen molar-refractivity contribution in [3.63, 3.8) is 0 Å². The van der Waals surface area contributed by atoms with Gasteiger partial charge >= 0.3 is 0 Å². The molecule has 2 heterocycles. The Kier molecular flexibility index (Phi) is 4.86. The molecule has 1 aromatic carbocycles. The fourth-order valence-electron chi connectivity index (χ4n) is 3.52. The van der Waals surface area contributed by atoms with Crippen LogP contribution in [0.2, 0.25) is 0 Å². The van der Waals surface area contributed by atoms with E-state index in [-0.39, 0.29) is 0 Å². The van der Waals surface area contributed by atoms with Crippen LogP contribution in [0, 0.1) is 0 Å². The number of fused-ring (bicyclic) bond motifs is 1. The van der Waals surface area contributed by atoms with Gasteiger partial charge in [-0.1, -0.05) is 37.5 Å². The molecule has 26 heavy (non-hydrogen) atoms. The minimum absolute atomic E-state index is 0.518. The van der Waals surface area contributed by atoms with E-state index in [0.717, 1.165) is 28.5 Å². The maximum Gasteiger partial charge on any atom is 0.157 e. The van der Waals surface area contributed by atoms with E-state index in [9.17, 15) is 0 Å². The second kappa shape index (κ2) is 7.60. The lowest BCUT2D eigenvalue weighted by atomic mass is 9.95. The molecule has 0 aliphatic heterocycles. The molecule has 5 nitrogen and oxygen atoms in total. The standard InChI is InChI=1S/C21H24N4O/c1-26-18-10-7-16(8-11-18)9-12-19-21(23-17-5-3-2-4-6-17)25-14-13-22-15-20(25)24-19/h7-15,17,23H,2-6H2,1H3/b12-9+. The summed E-state index contributed by atoms with van der Waals surface area (Å²) in [6.45, 7) is 0. The van der Waals surface area contributed by atoms with Crippen molar-refractivity contribution in [2.24, 2.45) is 0 Å². The topological polar surface area (TPSA) is 51.5 Å². The van der Waals surface area contributed by atoms with Crippen molar-refractivity contribution in [3.8, 4) is 5.75 Å². The van der Waals surface area contributed by atoms with E-state index < -0.39 is 0 Å². The van der Waals surface area contributed by atoms with Gasteiger partial charge in [0.1, 0.15) is 17.3 Å². The van der Waals surface area contributed by atoms with E-state index in [1.165, 1.54) is 32.1 Å². The Bertz CT molecular complexity index is 892. The highest BCUT2D eigenvalue weighted by Gasteiger charge is 2.17. The van der Waals surface area contributed by atoms with Gasteiger partial charge in [0.15, 0.2) is 5.65 Å². The zero-order valence-corrected chi connectivity index (χ0v) is 15.1. The van der Waals surface area contributed by atoms with Crippen molar-refractivity contribution < 1.29 is 4.74 Å². The third kappa shape index (κ3) is 3.57. The average Bonchev–Trinajstić information content (AvgIpc) is 3.05. The summed E-state index contributed by atoms with van der Waals surface area (Å²) in [5.41, 5.74) is 2.92. The van der Waals surface area contributed by atoms with Crippen LogP contribution >= 0.6 is 0 Å². The van der Waals surface area contributed by atoms with Gasteiger partial charge in [-0.2, -0.15) is 0 Å². The minimum Gasteiger partial charge on any atom is -0.497 e. The molecular formula is C21H24N4O. The first-order chi connectivity index (χ1) is 12.8. The number of ether oxygens (including phenoxy) is 1. The van der Waals surface area contributed by atoms with E-state index in [2.05, 4.69) is 26.9 Å². The van der Waals surface area contributed by atoms with Gasteiger partial charge < -0.3 is 10.1 Å². The molecule has 0 saturated heterocycles. The molecule has 1 N–H and O–H groups in total. The third-order valence-electron chi connectivity index (χ3n) is 4.95. The lowest BCUT2D eigenvalue weighted by Gasteiger charge is -2.23. The molecule has 0 radical (unpaired) electrons. The van der Waals surface area contributed by atoms with Crippen molar-refractivity contribution in [2.75, 3.05) is 12.4 Å². The Labute approximate surface area is 153 Å². The minimum atomic E-state index is 0.518. The van der Waals surface area contributed by atoms with Gasteiger partial charge in [-0.3, -0.25) is 9.38 Å². The summed E-state index contributed by atoms with van der Waals surface area (Å²) in [5.74, 6) is 1.92. The Morgan fingerprint density at radius 2 is 1.92 bits per heavy atom. The van der Waals surface area contributed by atoms with Gasteiger partial charge in [-0.05, 0) is 36.6 Å². The third-order valence-corrected chi connectivity index (χ3v) is 4.95. The Hall–Kier alpha value is -2.82. The number of benzene rings is 1. The van der Waals surface area contributed by atoms with E-state index in [0.29, 0.717) is 6.04 Å². The number of nitrogens with one attached hydrogen (secondary N) is 1. The fourth-order valence-corrected chi connectivity index (χ4v) is 3.52. The van der Waals surface area contributed by atoms with Crippen LogP contribution in [-0.4, -0.2) is 27.5 Å². The predicted molar refractivity (Wildman–Crippen MR) is 105 cm³/mol. The second-order valence-corrected chi connectivity index (χ2v) is 6.74. The van der Waals surface area contributed by atoms with Crippen LogP contribution in [0.5, 0.6) is 5.75 Å². The van der Waals surface area contributed by atoms with Crippen molar-refractivity contribution in [2.45, 2.75) is 38.1 Å². The van der Waals surface area contributed by atoms with Crippen LogP contribution in [0.1, 0.15) is 43.4 Å². The summed E-state index contributed by atoms with van der Waals surface area (Å²) < 4.78 is 7.31. The largest absolute Gasteiger partial charge is 0.497 e. The maximum atomic E-state index is 5.22. The summed E-state index contributed by atoms with van der Waals surface area (Å²) in [7, 11) is 1.68. The number of nitrogens with zero attached hydrogens (tertiary/aromatic N) is 3. The molecule has 0 atom stereocenters. The van der Waals surface area contributed by atoms with Gasteiger partial charge in [-0.25, -0.2) is 4.98 Å². The van der Waals surface area contributed by atoms with Crippen molar-refractivity contribution in [1.29, 1.82) is 0 Å². The molecule has 1 aliphatic carbocycles. The van der Waals surface area contributed by atoms with Gasteiger partial charge in [0.05, 0.1) is 13.3 Å². The number of imidazole rings is 1. The Morgan fingerprint density at radius 1 is 1.12 bits per heavy atom. The SMILES string of the molecule is COc1ccc(/C=C/c2nc3cnccn3c2NC2CCCCC2)cc1. The summed E-state index contributed by atoms with van der Waals surface area (Å²) >= 11 is 0. The van der Waals surface area contributed by atoms with Crippen LogP contribution in [0.4, 0.5) is 5.82 Å². The number of anilines is 1. The molecule has 0 amide bonds. The molecule has 1 aliphatic rings. The summed E-state index contributed by atoms with van der Waals surface area (Å²) in [5, 5.41) is 3.73. The monoisotopic (exact) mass is 348 g/mol. The molecule has 2 aromatic heterocycles. The molecule has 134 valence electrons. The van der Waals surface area contributed by atoms with Crippen LogP contribution < -0.4 is 10.1 Å². The summed E-state index contributed by atoms with van der Waals surface area (Å²) in [4.78, 5) is 8.96. The number of rotatable bonds is 5. The van der Waals surface area contributed by atoms with E-state index >= 15 is 0 Å². The fraction of sp³-hybridized carbons (Fsp3) is 0.333. The quantitative estimate of drug-likeness (QED) is 0.729. The molecule has 4 rings (SSSR count). The van der Waals surface area contributed by atoms with E-state index in [1.807, 2.05) is 30.5 Å². The number of methoxy groups -OCH3 is 1. The highest BCUT2D eigenvalue weighted by Crippen LogP contribution is 2.26. The normalized spacial score (nSPS) is 15.6. The van der Waals surface area contributed by atoms with Gasteiger partial charge in [-0.15, -0.1) is 0 Å². The Balaban J connectivity index is 1.64. The smallest absolute Gasteiger partial charge is 0.157 e. The molecule has 0 unspecified atom stereocenters. The summed E-state index contributed by atoms with van der Waals surface area (Å²) in [6.07, 6.45) is 16.1. The molecule has 3 aromatic rings. The zero-order chi connectivity index (χ0) is 17.8. The van der Waals surface area contributed by atoms with Crippen LogP contribution in [0.3, 0.4) is 0 Å². The molecule has 1 fully saturated rings. The van der Waals surface area contributed by atoms with Gasteiger partial charge in [0, 0.05) is 18.4 Å². The Morgan fingerprint density at radius 3 is 2.69 bits per heavy atom. The van der Waals surface area contributed by atoms with Crippen LogP contribution in [0.25, 0.3) is 17.8 Å².